The van der Waals surface area contributed by atoms with Crippen molar-refractivity contribution in [3.8, 4) is 0 Å². The molecule has 326 valence electrons. The van der Waals surface area contributed by atoms with Gasteiger partial charge in [-0.15, -0.1) is 0 Å². The van der Waals surface area contributed by atoms with Gasteiger partial charge in [0.1, 0.15) is 33.3 Å². The summed E-state index contributed by atoms with van der Waals surface area (Å²) in [5.74, 6) is 0. The van der Waals surface area contributed by atoms with Crippen LogP contribution in [0, 0.1) is 13.8 Å². The summed E-state index contributed by atoms with van der Waals surface area (Å²) in [4.78, 5) is -0.355. The lowest BCUT2D eigenvalue weighted by Crippen LogP contribution is -2.31. The minimum Gasteiger partial charge on any atom is -0.744 e. The van der Waals surface area contributed by atoms with E-state index in [2.05, 4.69) is 123 Å². The van der Waals surface area contributed by atoms with E-state index in [1.165, 1.54) is 107 Å². The second-order valence-corrected chi connectivity index (χ2v) is 19.9. The summed E-state index contributed by atoms with van der Waals surface area (Å²) < 4.78 is 67.4. The predicted molar refractivity (Wildman–Crippen MR) is 251 cm³/mol. The molecule has 8 nitrogen and oxygen atoms in total. The second-order valence-electron chi connectivity index (χ2n) is 17.1. The summed E-state index contributed by atoms with van der Waals surface area (Å²) in [7, 11) is -8.54. The van der Waals surface area contributed by atoms with Crippen LogP contribution in [-0.4, -0.2) is 59.6 Å². The van der Waals surface area contributed by atoms with Gasteiger partial charge < -0.3 is 9.11 Å². The van der Waals surface area contributed by atoms with Gasteiger partial charge in [-0.25, -0.2) is 16.8 Å². The van der Waals surface area contributed by atoms with E-state index in [-0.39, 0.29) is 20.6 Å². The Morgan fingerprint density at radius 3 is 1.13 bits per heavy atom. The Hall–Kier alpha value is -5.00. The molecule has 2 unspecified atom stereocenters. The lowest BCUT2D eigenvalue weighted by atomic mass is 9.73. The largest absolute Gasteiger partial charge is 0.744 e. The van der Waals surface area contributed by atoms with Gasteiger partial charge in [0.2, 0.25) is 11.4 Å². The Bertz CT molecular complexity index is 2690. The second kappa shape index (κ2) is 18.8. The molecule has 0 fully saturated rings. The molecule has 0 radical (unpaired) electrons. The molecule has 0 saturated heterocycles. The van der Waals surface area contributed by atoms with Crippen LogP contribution in [0.4, 0.5) is 11.4 Å². The number of benzene rings is 6. The molecule has 62 heavy (non-hydrogen) atoms. The van der Waals surface area contributed by atoms with Crippen LogP contribution in [-0.2, 0) is 31.1 Å². The number of fused-ring (bicyclic) bond motifs is 6. The molecule has 2 atom stereocenters. The molecular formula is C52H60N2O6S2. The van der Waals surface area contributed by atoms with Crippen molar-refractivity contribution in [3.05, 3.63) is 144 Å². The molecule has 2 heterocycles. The molecule has 0 amide bonds. The van der Waals surface area contributed by atoms with E-state index < -0.39 is 20.2 Å². The number of unbranched alkanes of at least 4 members (excludes halogenated alkanes) is 3. The van der Waals surface area contributed by atoms with Crippen LogP contribution in [0.5, 0.6) is 0 Å². The van der Waals surface area contributed by atoms with E-state index >= 15 is 0 Å². The van der Waals surface area contributed by atoms with E-state index in [0.717, 1.165) is 24.2 Å². The molecular weight excluding hydrogens is 813 g/mol. The summed E-state index contributed by atoms with van der Waals surface area (Å²) >= 11 is 0. The molecule has 2 aliphatic rings. The van der Waals surface area contributed by atoms with Gasteiger partial charge in [-0.2, -0.15) is 9.15 Å². The van der Waals surface area contributed by atoms with Crippen molar-refractivity contribution >= 4 is 64.6 Å². The number of nitrogens with zero attached hydrogens (tertiary/aromatic N) is 2. The maximum absolute atomic E-state index is 10.4. The lowest BCUT2D eigenvalue weighted by Gasteiger charge is -2.25. The quantitative estimate of drug-likeness (QED) is 0.0726. The van der Waals surface area contributed by atoms with E-state index in [4.69, 9.17) is 0 Å². The highest BCUT2D eigenvalue weighted by atomic mass is 32.2. The van der Waals surface area contributed by atoms with Crippen molar-refractivity contribution in [1.82, 2.24) is 0 Å². The molecule has 0 spiro atoms. The van der Waals surface area contributed by atoms with Crippen LogP contribution in [0.25, 0.3) is 21.5 Å². The van der Waals surface area contributed by atoms with Gasteiger partial charge in [-0.1, -0.05) is 110 Å². The molecule has 0 bridgehead atoms. The van der Waals surface area contributed by atoms with Gasteiger partial charge in [-0.3, -0.25) is 0 Å². The fraction of sp³-hybridized carbons (Fsp3) is 0.346. The SMILES string of the molecule is CC[N+]1=C(C)C(C)(CCCCCCC2(C)C(C)=[N+](CC)c3ccc4ccccc4c32)c2c1ccc1ccccc21.Cc1ccc(S(=O)(=O)[O-])cc1.Cc1ccc(S(=O)(=O)[O-])cc1. The molecule has 8 rings (SSSR count). The maximum Gasteiger partial charge on any atom is 0.210 e. The molecule has 6 aromatic carbocycles. The highest BCUT2D eigenvalue weighted by Gasteiger charge is 2.48. The highest BCUT2D eigenvalue weighted by Crippen LogP contribution is 2.48. The minimum atomic E-state index is -4.27. The zero-order valence-corrected chi connectivity index (χ0v) is 39.0. The Morgan fingerprint density at radius 1 is 0.468 bits per heavy atom. The van der Waals surface area contributed by atoms with Crippen LogP contribution >= 0.6 is 0 Å². The van der Waals surface area contributed by atoms with Gasteiger partial charge in [0, 0.05) is 37.1 Å². The highest BCUT2D eigenvalue weighted by molar-refractivity contribution is 7.86. The summed E-state index contributed by atoms with van der Waals surface area (Å²) in [5.41, 5.74) is 11.1. The third-order valence-corrected chi connectivity index (χ3v) is 15.0. The van der Waals surface area contributed by atoms with Crippen molar-refractivity contribution in [2.45, 2.75) is 115 Å². The molecule has 0 aromatic heterocycles. The molecule has 2 aliphatic heterocycles. The summed E-state index contributed by atoms with van der Waals surface area (Å²) in [6, 6.07) is 38.8. The minimum absolute atomic E-state index is 0.105. The predicted octanol–water partition coefficient (Wildman–Crippen LogP) is 11.6. The summed E-state index contributed by atoms with van der Waals surface area (Å²) in [5, 5.41) is 5.60. The molecule has 0 N–H and O–H groups in total. The lowest BCUT2D eigenvalue weighted by molar-refractivity contribution is -0.434. The maximum atomic E-state index is 10.4. The first-order chi connectivity index (χ1) is 29.3. The Morgan fingerprint density at radius 2 is 0.806 bits per heavy atom. The Balaban J connectivity index is 0.000000237. The number of aryl methyl sites for hydroxylation is 2. The van der Waals surface area contributed by atoms with E-state index in [1.807, 2.05) is 13.8 Å². The number of rotatable bonds is 11. The third-order valence-electron chi connectivity index (χ3n) is 13.3. The van der Waals surface area contributed by atoms with Crippen LogP contribution in [0.15, 0.2) is 131 Å². The number of hydrogen-bond acceptors (Lipinski definition) is 6. The fourth-order valence-corrected chi connectivity index (χ4v) is 10.5. The van der Waals surface area contributed by atoms with Crippen molar-refractivity contribution < 1.29 is 35.1 Å². The number of hydrogen-bond donors (Lipinski definition) is 0. The van der Waals surface area contributed by atoms with Crippen LogP contribution < -0.4 is 0 Å². The van der Waals surface area contributed by atoms with E-state index in [9.17, 15) is 25.9 Å². The van der Waals surface area contributed by atoms with Gasteiger partial charge in [0.25, 0.3) is 0 Å². The first kappa shape index (κ1) is 46.5. The average molecular weight is 873 g/mol. The smallest absolute Gasteiger partial charge is 0.210 e. The van der Waals surface area contributed by atoms with E-state index in [1.54, 1.807) is 35.4 Å². The average Bonchev–Trinajstić information content (AvgIpc) is 3.60. The topological polar surface area (TPSA) is 120 Å². The van der Waals surface area contributed by atoms with Crippen molar-refractivity contribution in [1.29, 1.82) is 0 Å². The van der Waals surface area contributed by atoms with Crippen molar-refractivity contribution in [3.63, 3.8) is 0 Å². The fourth-order valence-electron chi connectivity index (χ4n) is 9.60. The normalized spacial score (nSPS) is 18.3. The summed E-state index contributed by atoms with van der Waals surface area (Å²) in [6.07, 6.45) is 7.57. The standard InChI is InChI=1S/C38H46N2.2C7H8O3S/c1-7-39-27(3)37(5,35-31-19-13-11-17-29(31)21-23-33(35)39)25-15-9-10-16-26-38(6)28(4)40(8-2)34-24-22-30-18-12-14-20-32(30)36(34)38;2*1-6-2-4-7(5-3-6)11(8,9)10/h11-14,17-24H,7-10,15-16,25-26H2,1-6H3;2*2-5H,1H3,(H,8,9,10)/q+2;;/p-2. The van der Waals surface area contributed by atoms with Gasteiger partial charge >= 0.3 is 0 Å². The van der Waals surface area contributed by atoms with Crippen molar-refractivity contribution in [2.75, 3.05) is 13.1 Å². The van der Waals surface area contributed by atoms with Crippen LogP contribution in [0.3, 0.4) is 0 Å². The summed E-state index contributed by atoms with van der Waals surface area (Å²) in [6.45, 7) is 20.0. The third kappa shape index (κ3) is 9.49. The first-order valence-electron chi connectivity index (χ1n) is 21.7. The van der Waals surface area contributed by atoms with Gasteiger partial charge in [-0.05, 0) is 112 Å². The monoisotopic (exact) mass is 872 g/mol. The van der Waals surface area contributed by atoms with E-state index in [0.29, 0.717) is 0 Å². The molecule has 0 aliphatic carbocycles. The van der Waals surface area contributed by atoms with Crippen LogP contribution in [0.2, 0.25) is 0 Å². The van der Waals surface area contributed by atoms with Gasteiger partial charge in [0.15, 0.2) is 11.4 Å². The Kier molecular flexibility index (Phi) is 14.1. The molecule has 0 saturated carbocycles. The molecule has 10 heteroatoms. The van der Waals surface area contributed by atoms with Crippen LogP contribution in [0.1, 0.15) is 102 Å². The Labute approximate surface area is 369 Å². The van der Waals surface area contributed by atoms with Crippen molar-refractivity contribution in [2.24, 2.45) is 0 Å². The molecule has 6 aromatic rings. The first-order valence-corrected chi connectivity index (χ1v) is 24.5. The van der Waals surface area contributed by atoms with Gasteiger partial charge in [0.05, 0.1) is 20.6 Å². The zero-order valence-electron chi connectivity index (χ0n) is 37.4. The zero-order chi connectivity index (χ0) is 45.0.